The van der Waals surface area contributed by atoms with E-state index in [2.05, 4.69) is 29.4 Å². The molecule has 0 spiro atoms. The summed E-state index contributed by atoms with van der Waals surface area (Å²) in [5, 5.41) is 5.77. The molecule has 8 heteroatoms. The van der Waals surface area contributed by atoms with E-state index in [9.17, 15) is 9.59 Å². The molecule has 0 aromatic rings. The lowest BCUT2D eigenvalue weighted by Crippen LogP contribution is -2.51. The van der Waals surface area contributed by atoms with Crippen molar-refractivity contribution >= 4 is 36.6 Å². The highest BCUT2D eigenvalue weighted by molar-refractivity contribution is 5.87. The van der Waals surface area contributed by atoms with Gasteiger partial charge in [0.25, 0.3) is 0 Å². The Hall–Kier alpha value is -0.560. The Balaban J connectivity index is 0. The van der Waals surface area contributed by atoms with Gasteiger partial charge in [0.05, 0.1) is 12.6 Å². The second-order valence-corrected chi connectivity index (χ2v) is 7.19. The molecular weight excluding hydrogens is 375 g/mol. The highest BCUT2D eigenvalue weighted by Gasteiger charge is 2.27. The van der Waals surface area contributed by atoms with E-state index in [4.69, 9.17) is 5.73 Å². The summed E-state index contributed by atoms with van der Waals surface area (Å²) in [6.07, 6.45) is 4.58. The van der Waals surface area contributed by atoms with Gasteiger partial charge in [-0.25, -0.2) is 0 Å². The van der Waals surface area contributed by atoms with Crippen LogP contribution in [0, 0.1) is 11.8 Å². The SMILES string of the molecule is CCN(CC)CC1CCCCC1NC(=O)CNC(=O)[C@@H](N)C(C)C.Cl.Cl. The molecule has 1 aliphatic rings. The van der Waals surface area contributed by atoms with Crippen molar-refractivity contribution in [2.24, 2.45) is 17.6 Å². The number of carbonyl (C=O) groups is 2. The minimum Gasteiger partial charge on any atom is -0.352 e. The molecule has 2 unspecified atom stereocenters. The van der Waals surface area contributed by atoms with Gasteiger partial charge in [-0.05, 0) is 37.8 Å². The van der Waals surface area contributed by atoms with E-state index in [0.29, 0.717) is 5.92 Å². The van der Waals surface area contributed by atoms with Crippen molar-refractivity contribution in [2.45, 2.75) is 65.5 Å². The molecule has 0 aromatic carbocycles. The number of carbonyl (C=O) groups excluding carboxylic acids is 2. The van der Waals surface area contributed by atoms with Gasteiger partial charge in [0.2, 0.25) is 11.8 Å². The largest absolute Gasteiger partial charge is 0.352 e. The summed E-state index contributed by atoms with van der Waals surface area (Å²) >= 11 is 0. The third-order valence-electron chi connectivity index (χ3n) is 5.09. The zero-order valence-electron chi connectivity index (χ0n) is 16.6. The highest BCUT2D eigenvalue weighted by atomic mass is 35.5. The maximum Gasteiger partial charge on any atom is 0.239 e. The fourth-order valence-electron chi connectivity index (χ4n) is 3.28. The van der Waals surface area contributed by atoms with E-state index in [-0.39, 0.29) is 55.1 Å². The summed E-state index contributed by atoms with van der Waals surface area (Å²) in [5.74, 6) is 0.181. The zero-order chi connectivity index (χ0) is 18.1. The van der Waals surface area contributed by atoms with Crippen LogP contribution >= 0.6 is 24.8 Å². The molecule has 0 radical (unpaired) electrons. The molecule has 0 aromatic heterocycles. The first kappa shape index (κ1) is 27.7. The van der Waals surface area contributed by atoms with Crippen LogP contribution in [0.2, 0.25) is 0 Å². The van der Waals surface area contributed by atoms with Crippen LogP contribution in [0.4, 0.5) is 0 Å². The molecular formula is C18H38Cl2N4O2. The van der Waals surface area contributed by atoms with Crippen LogP contribution in [-0.2, 0) is 9.59 Å². The zero-order valence-corrected chi connectivity index (χ0v) is 18.3. The predicted molar refractivity (Wildman–Crippen MR) is 112 cm³/mol. The van der Waals surface area contributed by atoms with Gasteiger partial charge in [0.15, 0.2) is 0 Å². The summed E-state index contributed by atoms with van der Waals surface area (Å²) in [4.78, 5) is 26.5. The van der Waals surface area contributed by atoms with Gasteiger partial charge in [0.1, 0.15) is 0 Å². The van der Waals surface area contributed by atoms with Gasteiger partial charge < -0.3 is 21.3 Å². The van der Waals surface area contributed by atoms with E-state index < -0.39 is 6.04 Å². The van der Waals surface area contributed by atoms with Crippen molar-refractivity contribution in [3.8, 4) is 0 Å². The van der Waals surface area contributed by atoms with Gasteiger partial charge in [-0.15, -0.1) is 24.8 Å². The topological polar surface area (TPSA) is 87.5 Å². The molecule has 2 amide bonds. The third-order valence-corrected chi connectivity index (χ3v) is 5.09. The number of nitrogens with one attached hydrogen (secondary N) is 2. The molecule has 1 aliphatic carbocycles. The fraction of sp³-hybridized carbons (Fsp3) is 0.889. The van der Waals surface area contributed by atoms with Crippen LogP contribution in [0.5, 0.6) is 0 Å². The Morgan fingerprint density at radius 1 is 1.12 bits per heavy atom. The van der Waals surface area contributed by atoms with Gasteiger partial charge in [-0.2, -0.15) is 0 Å². The Morgan fingerprint density at radius 2 is 1.69 bits per heavy atom. The molecule has 1 fully saturated rings. The molecule has 3 atom stereocenters. The lowest BCUT2D eigenvalue weighted by molar-refractivity contribution is -0.128. The van der Waals surface area contributed by atoms with Crippen LogP contribution in [-0.4, -0.2) is 55.0 Å². The van der Waals surface area contributed by atoms with Crippen molar-refractivity contribution in [1.82, 2.24) is 15.5 Å². The Labute approximate surface area is 171 Å². The Kier molecular flexibility index (Phi) is 15.4. The van der Waals surface area contributed by atoms with Gasteiger partial charge in [-0.3, -0.25) is 9.59 Å². The maximum absolute atomic E-state index is 12.2. The van der Waals surface area contributed by atoms with Crippen molar-refractivity contribution < 1.29 is 9.59 Å². The van der Waals surface area contributed by atoms with Gasteiger partial charge >= 0.3 is 0 Å². The monoisotopic (exact) mass is 412 g/mol. The van der Waals surface area contributed by atoms with Crippen LogP contribution in [0.3, 0.4) is 0 Å². The Morgan fingerprint density at radius 3 is 2.23 bits per heavy atom. The summed E-state index contributed by atoms with van der Waals surface area (Å²) in [7, 11) is 0. The molecule has 156 valence electrons. The number of amides is 2. The van der Waals surface area contributed by atoms with Crippen LogP contribution in [0.25, 0.3) is 0 Å². The van der Waals surface area contributed by atoms with E-state index in [0.717, 1.165) is 38.9 Å². The number of hydrogen-bond donors (Lipinski definition) is 3. The van der Waals surface area contributed by atoms with E-state index >= 15 is 0 Å². The third kappa shape index (κ3) is 9.40. The van der Waals surface area contributed by atoms with Crippen molar-refractivity contribution in [2.75, 3.05) is 26.2 Å². The molecule has 6 nitrogen and oxygen atoms in total. The molecule has 0 heterocycles. The van der Waals surface area contributed by atoms with Gasteiger partial charge in [0, 0.05) is 12.6 Å². The predicted octanol–water partition coefficient (Wildman–Crippen LogP) is 1.95. The molecule has 4 N–H and O–H groups in total. The minimum absolute atomic E-state index is 0. The smallest absolute Gasteiger partial charge is 0.239 e. The average Bonchev–Trinajstić information content (AvgIpc) is 2.58. The van der Waals surface area contributed by atoms with Crippen molar-refractivity contribution in [3.05, 3.63) is 0 Å². The standard InChI is InChI=1S/C18H36N4O2.2ClH/c1-5-22(6-2)12-14-9-7-8-10-15(14)21-16(23)11-20-18(24)17(19)13(3)4;;/h13-15,17H,5-12,19H2,1-4H3,(H,20,24)(H,21,23);2*1H/t14?,15?,17-;;/m0../s1. The minimum atomic E-state index is -0.567. The van der Waals surface area contributed by atoms with Gasteiger partial charge in [-0.1, -0.05) is 40.5 Å². The number of halogens is 2. The lowest BCUT2D eigenvalue weighted by Gasteiger charge is -2.35. The highest BCUT2D eigenvalue weighted by Crippen LogP contribution is 2.25. The average molecular weight is 413 g/mol. The number of rotatable bonds is 9. The normalized spacial score (nSPS) is 20.7. The fourth-order valence-corrected chi connectivity index (χ4v) is 3.28. The van der Waals surface area contributed by atoms with Crippen molar-refractivity contribution in [3.63, 3.8) is 0 Å². The summed E-state index contributed by atoms with van der Waals surface area (Å²) in [5.41, 5.74) is 5.79. The molecule has 26 heavy (non-hydrogen) atoms. The first-order valence-corrected chi connectivity index (χ1v) is 9.44. The second-order valence-electron chi connectivity index (χ2n) is 7.19. The quantitative estimate of drug-likeness (QED) is 0.539. The number of hydrogen-bond acceptors (Lipinski definition) is 4. The lowest BCUT2D eigenvalue weighted by atomic mass is 9.84. The van der Waals surface area contributed by atoms with E-state index in [1.165, 1.54) is 6.42 Å². The van der Waals surface area contributed by atoms with Crippen LogP contribution in [0.15, 0.2) is 0 Å². The molecule has 0 saturated heterocycles. The number of nitrogens with two attached hydrogens (primary N) is 1. The maximum atomic E-state index is 12.2. The Bertz CT molecular complexity index is 407. The van der Waals surface area contributed by atoms with Crippen molar-refractivity contribution in [1.29, 1.82) is 0 Å². The molecule has 1 saturated carbocycles. The second kappa shape index (κ2) is 14.5. The molecule has 0 aliphatic heterocycles. The molecule has 0 bridgehead atoms. The summed E-state index contributed by atoms with van der Waals surface area (Å²) in [6, 6.07) is -0.356. The summed E-state index contributed by atoms with van der Waals surface area (Å²) in [6.45, 7) is 11.2. The molecule has 1 rings (SSSR count). The van der Waals surface area contributed by atoms with Crippen LogP contribution in [0.1, 0.15) is 53.4 Å². The first-order valence-electron chi connectivity index (χ1n) is 9.44. The number of nitrogens with zero attached hydrogens (tertiary/aromatic N) is 1. The van der Waals surface area contributed by atoms with E-state index in [1.807, 2.05) is 13.8 Å². The van der Waals surface area contributed by atoms with Crippen LogP contribution < -0.4 is 16.4 Å². The summed E-state index contributed by atoms with van der Waals surface area (Å²) < 4.78 is 0. The first-order chi connectivity index (χ1) is 11.4. The van der Waals surface area contributed by atoms with E-state index in [1.54, 1.807) is 0 Å².